The third-order valence-corrected chi connectivity index (χ3v) is 2.82. The molecule has 0 radical (unpaired) electrons. The lowest BCUT2D eigenvalue weighted by atomic mass is 10.1. The van der Waals surface area contributed by atoms with E-state index in [1.807, 2.05) is 12.1 Å². The Morgan fingerprint density at radius 1 is 1.41 bits per heavy atom. The Labute approximate surface area is 104 Å². The Bertz CT molecular complexity index is 396. The van der Waals surface area contributed by atoms with E-state index in [0.29, 0.717) is 6.42 Å². The molecule has 1 rings (SSSR count). The molecule has 0 fully saturated rings. The number of nitrogens with zero attached hydrogens (tertiary/aromatic N) is 2. The van der Waals surface area contributed by atoms with E-state index in [2.05, 4.69) is 30.9 Å². The second-order valence-corrected chi connectivity index (χ2v) is 4.09. The molecule has 0 atom stereocenters. The van der Waals surface area contributed by atoms with Crippen molar-refractivity contribution in [1.29, 1.82) is 5.26 Å². The van der Waals surface area contributed by atoms with Crippen molar-refractivity contribution in [3.63, 3.8) is 0 Å². The van der Waals surface area contributed by atoms with Crippen molar-refractivity contribution in [2.24, 2.45) is 0 Å². The van der Waals surface area contributed by atoms with Gasteiger partial charge in [0.25, 0.3) is 0 Å². The molecule has 0 saturated carbocycles. The molecular formula is C14H20N2O. The van der Waals surface area contributed by atoms with Crippen LogP contribution < -0.4 is 4.74 Å². The number of benzene rings is 1. The fraction of sp³-hybridized carbons (Fsp3) is 0.500. The van der Waals surface area contributed by atoms with Crippen molar-refractivity contribution in [1.82, 2.24) is 4.90 Å². The molecule has 1 aromatic carbocycles. The average molecular weight is 232 g/mol. The highest BCUT2D eigenvalue weighted by molar-refractivity contribution is 5.36. The van der Waals surface area contributed by atoms with Gasteiger partial charge in [0.05, 0.1) is 13.2 Å². The third-order valence-electron chi connectivity index (χ3n) is 2.82. The number of hydrogen-bond acceptors (Lipinski definition) is 3. The lowest BCUT2D eigenvalue weighted by Gasteiger charge is -2.20. The van der Waals surface area contributed by atoms with E-state index < -0.39 is 0 Å². The zero-order chi connectivity index (χ0) is 12.7. The SMILES string of the molecule is CCN(CCC#N)Cc1cc(C)ccc1OC. The number of methoxy groups -OCH3 is 1. The van der Waals surface area contributed by atoms with Gasteiger partial charge in [-0.3, -0.25) is 4.90 Å². The zero-order valence-corrected chi connectivity index (χ0v) is 10.9. The van der Waals surface area contributed by atoms with Gasteiger partial charge in [-0.15, -0.1) is 0 Å². The van der Waals surface area contributed by atoms with E-state index >= 15 is 0 Å². The molecule has 0 aliphatic heterocycles. The van der Waals surface area contributed by atoms with Crippen molar-refractivity contribution in [2.75, 3.05) is 20.2 Å². The summed E-state index contributed by atoms with van der Waals surface area (Å²) in [5.74, 6) is 0.922. The van der Waals surface area contributed by atoms with E-state index in [0.717, 1.165) is 25.4 Å². The van der Waals surface area contributed by atoms with Crippen LogP contribution in [0.4, 0.5) is 0 Å². The van der Waals surface area contributed by atoms with E-state index in [9.17, 15) is 0 Å². The monoisotopic (exact) mass is 232 g/mol. The molecule has 0 heterocycles. The summed E-state index contributed by atoms with van der Waals surface area (Å²) < 4.78 is 5.36. The highest BCUT2D eigenvalue weighted by atomic mass is 16.5. The minimum Gasteiger partial charge on any atom is -0.496 e. The Morgan fingerprint density at radius 3 is 2.76 bits per heavy atom. The van der Waals surface area contributed by atoms with Crippen LogP contribution >= 0.6 is 0 Å². The van der Waals surface area contributed by atoms with Gasteiger partial charge in [0.2, 0.25) is 0 Å². The molecule has 0 unspecified atom stereocenters. The van der Waals surface area contributed by atoms with E-state index in [-0.39, 0.29) is 0 Å². The molecule has 1 aromatic rings. The average Bonchev–Trinajstić information content (AvgIpc) is 2.34. The number of nitriles is 1. The summed E-state index contributed by atoms with van der Waals surface area (Å²) >= 11 is 0. The van der Waals surface area contributed by atoms with Gasteiger partial charge in [-0.05, 0) is 19.5 Å². The van der Waals surface area contributed by atoms with E-state index in [1.165, 1.54) is 11.1 Å². The van der Waals surface area contributed by atoms with Crippen molar-refractivity contribution < 1.29 is 4.74 Å². The van der Waals surface area contributed by atoms with Crippen LogP contribution in [-0.4, -0.2) is 25.1 Å². The molecule has 0 bridgehead atoms. The standard InChI is InChI=1S/C14H20N2O/c1-4-16(9-5-8-15)11-13-10-12(2)6-7-14(13)17-3/h6-7,10H,4-5,9,11H2,1-3H3. The van der Waals surface area contributed by atoms with Crippen LogP contribution in [0.5, 0.6) is 5.75 Å². The van der Waals surface area contributed by atoms with Crippen molar-refractivity contribution in [2.45, 2.75) is 26.8 Å². The summed E-state index contributed by atoms with van der Waals surface area (Å²) in [5, 5.41) is 8.62. The highest BCUT2D eigenvalue weighted by Gasteiger charge is 2.08. The van der Waals surface area contributed by atoms with Crippen molar-refractivity contribution in [3.05, 3.63) is 29.3 Å². The van der Waals surface area contributed by atoms with Crippen LogP contribution in [0, 0.1) is 18.3 Å². The smallest absolute Gasteiger partial charge is 0.123 e. The minimum atomic E-state index is 0.571. The summed E-state index contributed by atoms with van der Waals surface area (Å²) in [6, 6.07) is 8.38. The van der Waals surface area contributed by atoms with Gasteiger partial charge in [-0.1, -0.05) is 24.6 Å². The van der Waals surface area contributed by atoms with Crippen molar-refractivity contribution >= 4 is 0 Å². The first kappa shape index (κ1) is 13.5. The number of aryl methyl sites for hydroxylation is 1. The minimum absolute atomic E-state index is 0.571. The van der Waals surface area contributed by atoms with Gasteiger partial charge in [0.15, 0.2) is 0 Å². The normalized spacial score (nSPS) is 10.3. The second-order valence-electron chi connectivity index (χ2n) is 4.09. The summed E-state index contributed by atoms with van der Waals surface area (Å²) in [5.41, 5.74) is 2.42. The third kappa shape index (κ3) is 4.08. The Hall–Kier alpha value is -1.53. The summed E-state index contributed by atoms with van der Waals surface area (Å²) in [7, 11) is 1.69. The highest BCUT2D eigenvalue weighted by Crippen LogP contribution is 2.21. The Morgan fingerprint density at radius 2 is 2.18 bits per heavy atom. The molecule has 92 valence electrons. The molecule has 0 aromatic heterocycles. The van der Waals surface area contributed by atoms with Gasteiger partial charge in [-0.25, -0.2) is 0 Å². The molecule has 3 heteroatoms. The predicted octanol–water partition coefficient (Wildman–Crippen LogP) is 2.74. The molecule has 0 aliphatic carbocycles. The molecule has 0 N–H and O–H groups in total. The molecule has 0 spiro atoms. The molecule has 0 aliphatic rings. The first-order valence-corrected chi connectivity index (χ1v) is 5.94. The summed E-state index contributed by atoms with van der Waals surface area (Å²) in [4.78, 5) is 2.25. The van der Waals surface area contributed by atoms with Gasteiger partial charge in [0.1, 0.15) is 5.75 Å². The fourth-order valence-electron chi connectivity index (χ4n) is 1.83. The van der Waals surface area contributed by atoms with Gasteiger partial charge < -0.3 is 4.74 Å². The topological polar surface area (TPSA) is 36.3 Å². The number of rotatable bonds is 6. The molecule has 0 saturated heterocycles. The maximum atomic E-state index is 8.62. The summed E-state index contributed by atoms with van der Waals surface area (Å²) in [6.45, 7) is 6.78. The van der Waals surface area contributed by atoms with Crippen LogP contribution in [0.3, 0.4) is 0 Å². The zero-order valence-electron chi connectivity index (χ0n) is 10.9. The van der Waals surface area contributed by atoms with E-state index in [4.69, 9.17) is 10.00 Å². The fourth-order valence-corrected chi connectivity index (χ4v) is 1.83. The van der Waals surface area contributed by atoms with Crippen LogP contribution in [-0.2, 0) is 6.54 Å². The molecule has 3 nitrogen and oxygen atoms in total. The lowest BCUT2D eigenvalue weighted by Crippen LogP contribution is -2.24. The Balaban J connectivity index is 2.77. The number of hydrogen-bond donors (Lipinski definition) is 0. The van der Waals surface area contributed by atoms with Gasteiger partial charge in [-0.2, -0.15) is 5.26 Å². The van der Waals surface area contributed by atoms with Crippen LogP contribution in [0.2, 0.25) is 0 Å². The van der Waals surface area contributed by atoms with Crippen LogP contribution in [0.1, 0.15) is 24.5 Å². The maximum absolute atomic E-state index is 8.62. The largest absolute Gasteiger partial charge is 0.496 e. The van der Waals surface area contributed by atoms with Crippen LogP contribution in [0.15, 0.2) is 18.2 Å². The second kappa shape index (κ2) is 6.93. The number of ether oxygens (including phenoxy) is 1. The summed E-state index contributed by atoms with van der Waals surface area (Å²) in [6.07, 6.45) is 0.571. The lowest BCUT2D eigenvalue weighted by molar-refractivity contribution is 0.280. The first-order valence-electron chi connectivity index (χ1n) is 5.94. The first-order chi connectivity index (χ1) is 8.21. The molecule has 0 amide bonds. The van der Waals surface area contributed by atoms with Gasteiger partial charge in [0, 0.05) is 25.1 Å². The maximum Gasteiger partial charge on any atom is 0.123 e. The van der Waals surface area contributed by atoms with Crippen molar-refractivity contribution in [3.8, 4) is 11.8 Å². The van der Waals surface area contributed by atoms with E-state index in [1.54, 1.807) is 7.11 Å². The van der Waals surface area contributed by atoms with Gasteiger partial charge >= 0.3 is 0 Å². The molecular weight excluding hydrogens is 212 g/mol. The molecule has 17 heavy (non-hydrogen) atoms. The van der Waals surface area contributed by atoms with Crippen LogP contribution in [0.25, 0.3) is 0 Å². The predicted molar refractivity (Wildman–Crippen MR) is 68.9 cm³/mol. The quantitative estimate of drug-likeness (QED) is 0.756. The Kier molecular flexibility index (Phi) is 5.51.